The molecule has 1 amide bonds. The van der Waals surface area contributed by atoms with Gasteiger partial charge in [-0.2, -0.15) is 0 Å². The molecule has 0 saturated heterocycles. The molecule has 0 fully saturated rings. The van der Waals surface area contributed by atoms with Gasteiger partial charge in [0.2, 0.25) is 0 Å². The molecule has 2 aromatic rings. The molecule has 2 aromatic carbocycles. The van der Waals surface area contributed by atoms with Gasteiger partial charge < -0.3 is 15.5 Å². The molecule has 2 N–H and O–H groups in total. The zero-order chi connectivity index (χ0) is 21.0. The number of benzene rings is 2. The molecule has 0 bridgehead atoms. The summed E-state index contributed by atoms with van der Waals surface area (Å²) in [5, 5.41) is 7.56. The lowest BCUT2D eigenvalue weighted by molar-refractivity contribution is -0.113. The topological polar surface area (TPSA) is 56.7 Å². The number of hydrogen-bond acceptors (Lipinski definition) is 5. The highest BCUT2D eigenvalue weighted by Crippen LogP contribution is 2.34. The molecule has 1 aliphatic heterocycles. The minimum absolute atomic E-state index is 0.139. The maximum absolute atomic E-state index is 13.2. The molecule has 5 nitrogen and oxygen atoms in total. The Labute approximate surface area is 177 Å². The largest absolute Gasteiger partial charge is 0.378 e. The zero-order valence-corrected chi connectivity index (χ0v) is 18.4. The predicted molar refractivity (Wildman–Crippen MR) is 125 cm³/mol. The average Bonchev–Trinajstić information content (AvgIpc) is 2.67. The molecule has 0 saturated carbocycles. The van der Waals surface area contributed by atoms with Gasteiger partial charge in [0, 0.05) is 36.4 Å². The van der Waals surface area contributed by atoms with Gasteiger partial charge in [-0.3, -0.25) is 4.79 Å². The molecule has 0 spiro atoms. The molecule has 1 atom stereocenters. The fourth-order valence-electron chi connectivity index (χ4n) is 3.14. The molecule has 3 rings (SSSR count). The van der Waals surface area contributed by atoms with Crippen molar-refractivity contribution in [3.05, 3.63) is 71.4 Å². The SMILES string of the molecule is CC1=C(C(=O)Nc2ccccc2)[C@@H](c2ccc(N(C)C)cc2)N=C(SC(C)C)N1. The molecule has 29 heavy (non-hydrogen) atoms. The van der Waals surface area contributed by atoms with E-state index in [9.17, 15) is 4.79 Å². The van der Waals surface area contributed by atoms with E-state index in [1.807, 2.05) is 51.4 Å². The summed E-state index contributed by atoms with van der Waals surface area (Å²) in [4.78, 5) is 20.1. The first kappa shape index (κ1) is 21.0. The van der Waals surface area contributed by atoms with Crippen molar-refractivity contribution < 1.29 is 4.79 Å². The van der Waals surface area contributed by atoms with Crippen LogP contribution >= 0.6 is 11.8 Å². The number of amides is 1. The van der Waals surface area contributed by atoms with Crippen LogP contribution in [0.15, 0.2) is 70.9 Å². The number of allylic oxidation sites excluding steroid dienone is 1. The normalized spacial score (nSPS) is 16.3. The summed E-state index contributed by atoms with van der Waals surface area (Å²) in [5.74, 6) is -0.139. The summed E-state index contributed by atoms with van der Waals surface area (Å²) >= 11 is 1.67. The van der Waals surface area contributed by atoms with Crippen molar-refractivity contribution in [2.75, 3.05) is 24.3 Å². The third-order valence-electron chi connectivity index (χ3n) is 4.57. The van der Waals surface area contributed by atoms with E-state index in [2.05, 4.69) is 53.6 Å². The van der Waals surface area contributed by atoms with Crippen molar-refractivity contribution >= 4 is 34.2 Å². The summed E-state index contributed by atoms with van der Waals surface area (Å²) in [6, 6.07) is 17.4. The molecular formula is C23H28N4OS. The van der Waals surface area contributed by atoms with Crippen LogP contribution < -0.4 is 15.5 Å². The Bertz CT molecular complexity index is 918. The van der Waals surface area contributed by atoms with Crippen LogP contribution in [-0.4, -0.2) is 30.4 Å². The van der Waals surface area contributed by atoms with Gasteiger partial charge in [0.1, 0.15) is 6.04 Å². The van der Waals surface area contributed by atoms with Crippen LogP contribution in [0.1, 0.15) is 32.4 Å². The number of aliphatic imine (C=N–C) groups is 1. The van der Waals surface area contributed by atoms with Gasteiger partial charge in [-0.05, 0) is 36.8 Å². The van der Waals surface area contributed by atoms with Gasteiger partial charge in [0.25, 0.3) is 5.91 Å². The van der Waals surface area contributed by atoms with Crippen LogP contribution in [0.4, 0.5) is 11.4 Å². The Balaban J connectivity index is 1.96. The summed E-state index contributed by atoms with van der Waals surface area (Å²) in [5.41, 5.74) is 4.35. The predicted octanol–water partition coefficient (Wildman–Crippen LogP) is 4.81. The zero-order valence-electron chi connectivity index (χ0n) is 17.6. The maximum Gasteiger partial charge on any atom is 0.255 e. The fraction of sp³-hybridized carbons (Fsp3) is 0.304. The monoisotopic (exact) mass is 408 g/mol. The number of para-hydroxylation sites is 1. The van der Waals surface area contributed by atoms with Crippen molar-refractivity contribution in [2.24, 2.45) is 4.99 Å². The highest BCUT2D eigenvalue weighted by atomic mass is 32.2. The molecule has 0 unspecified atom stereocenters. The van der Waals surface area contributed by atoms with Crippen molar-refractivity contribution in [2.45, 2.75) is 32.1 Å². The molecule has 6 heteroatoms. The summed E-state index contributed by atoms with van der Waals surface area (Å²) in [6.45, 7) is 6.20. The highest BCUT2D eigenvalue weighted by molar-refractivity contribution is 8.14. The van der Waals surface area contributed by atoms with Gasteiger partial charge in [0.05, 0.1) is 5.57 Å². The van der Waals surface area contributed by atoms with E-state index in [1.54, 1.807) is 11.8 Å². The standard InChI is InChI=1S/C23H28N4OS/c1-15(2)29-23-24-16(3)20(22(28)25-18-9-7-6-8-10-18)21(26-23)17-11-13-19(14-12-17)27(4)5/h6-15,21H,1-5H3,(H,24,26)(H,25,28)/t21-/m1/s1. The van der Waals surface area contributed by atoms with Crippen molar-refractivity contribution in [1.82, 2.24) is 5.32 Å². The third kappa shape index (κ3) is 5.21. The number of carbonyl (C=O) groups excluding carboxylic acids is 1. The molecule has 0 aromatic heterocycles. The third-order valence-corrected chi connectivity index (χ3v) is 5.47. The Morgan fingerprint density at radius 2 is 1.76 bits per heavy atom. The van der Waals surface area contributed by atoms with Gasteiger partial charge >= 0.3 is 0 Å². The first-order valence-corrected chi connectivity index (χ1v) is 10.6. The number of carbonyl (C=O) groups is 1. The lowest BCUT2D eigenvalue weighted by atomic mass is 9.95. The van der Waals surface area contributed by atoms with Crippen LogP contribution in [0, 0.1) is 0 Å². The molecule has 1 aliphatic rings. The second-order valence-corrected chi connectivity index (χ2v) is 9.04. The number of thioether (sulfide) groups is 1. The van der Waals surface area contributed by atoms with E-state index < -0.39 is 0 Å². The van der Waals surface area contributed by atoms with Crippen molar-refractivity contribution in [3.63, 3.8) is 0 Å². The number of nitrogens with zero attached hydrogens (tertiary/aromatic N) is 2. The van der Waals surface area contributed by atoms with Crippen molar-refractivity contribution in [3.8, 4) is 0 Å². The second-order valence-electron chi connectivity index (χ2n) is 7.47. The van der Waals surface area contributed by atoms with E-state index in [1.165, 1.54) is 0 Å². The Morgan fingerprint density at radius 1 is 1.10 bits per heavy atom. The molecule has 152 valence electrons. The van der Waals surface area contributed by atoms with Gasteiger partial charge in [-0.25, -0.2) is 4.99 Å². The van der Waals surface area contributed by atoms with Gasteiger partial charge in [-0.1, -0.05) is 55.9 Å². The lowest BCUT2D eigenvalue weighted by Crippen LogP contribution is -2.32. The lowest BCUT2D eigenvalue weighted by Gasteiger charge is -2.27. The minimum Gasteiger partial charge on any atom is -0.378 e. The Hall–Kier alpha value is -2.73. The van der Waals surface area contributed by atoms with E-state index in [0.717, 1.165) is 27.8 Å². The van der Waals surface area contributed by atoms with Crippen LogP contribution in [0.3, 0.4) is 0 Å². The number of nitrogens with one attached hydrogen (secondary N) is 2. The van der Waals surface area contributed by atoms with Crippen LogP contribution in [-0.2, 0) is 4.79 Å². The summed E-state index contributed by atoms with van der Waals surface area (Å²) in [6.07, 6.45) is 0. The quantitative estimate of drug-likeness (QED) is 0.746. The van der Waals surface area contributed by atoms with Crippen LogP contribution in [0.2, 0.25) is 0 Å². The van der Waals surface area contributed by atoms with Gasteiger partial charge in [0.15, 0.2) is 5.17 Å². The first-order valence-electron chi connectivity index (χ1n) is 9.71. The Morgan fingerprint density at radius 3 is 2.34 bits per heavy atom. The minimum atomic E-state index is -0.350. The van der Waals surface area contributed by atoms with Crippen molar-refractivity contribution in [1.29, 1.82) is 0 Å². The fourth-order valence-corrected chi connectivity index (χ4v) is 3.97. The molecule has 0 radical (unpaired) electrons. The first-order chi connectivity index (χ1) is 13.8. The maximum atomic E-state index is 13.2. The van der Waals surface area contributed by atoms with Crippen LogP contribution in [0.25, 0.3) is 0 Å². The summed E-state index contributed by atoms with van der Waals surface area (Å²) < 4.78 is 0. The molecular weight excluding hydrogens is 380 g/mol. The number of anilines is 2. The summed E-state index contributed by atoms with van der Waals surface area (Å²) in [7, 11) is 4.02. The number of hydrogen-bond donors (Lipinski definition) is 2. The van der Waals surface area contributed by atoms with E-state index in [4.69, 9.17) is 4.99 Å². The second kappa shape index (κ2) is 9.18. The van der Waals surface area contributed by atoms with E-state index in [0.29, 0.717) is 10.8 Å². The van der Waals surface area contributed by atoms with Gasteiger partial charge in [-0.15, -0.1) is 0 Å². The van der Waals surface area contributed by atoms with E-state index >= 15 is 0 Å². The average molecular weight is 409 g/mol. The molecule has 0 aliphatic carbocycles. The van der Waals surface area contributed by atoms with Crippen LogP contribution in [0.5, 0.6) is 0 Å². The van der Waals surface area contributed by atoms with E-state index in [-0.39, 0.29) is 11.9 Å². The highest BCUT2D eigenvalue weighted by Gasteiger charge is 2.29. The number of rotatable bonds is 5. The Kier molecular flexibility index (Phi) is 6.64. The molecule has 1 heterocycles. The number of amidine groups is 1. The smallest absolute Gasteiger partial charge is 0.255 e.